The normalized spacial score (nSPS) is 10.1. The largest absolute Gasteiger partial charge is 0.497 e. The molecule has 2 N–H and O–H groups in total. The molecule has 0 radical (unpaired) electrons. The van der Waals surface area contributed by atoms with Crippen LogP contribution in [-0.2, 0) is 0 Å². The Balaban J connectivity index is 1.84. The van der Waals surface area contributed by atoms with E-state index in [1.807, 2.05) is 32.0 Å². The molecular formula is C19H24N2O4. The zero-order valence-corrected chi connectivity index (χ0v) is 15.0. The minimum Gasteiger partial charge on any atom is -0.497 e. The fourth-order valence-electron chi connectivity index (χ4n) is 2.27. The van der Waals surface area contributed by atoms with Gasteiger partial charge in [0.05, 0.1) is 26.5 Å². The highest BCUT2D eigenvalue weighted by atomic mass is 16.5. The van der Waals surface area contributed by atoms with Crippen LogP contribution < -0.4 is 24.8 Å². The van der Waals surface area contributed by atoms with Crippen molar-refractivity contribution in [1.29, 1.82) is 0 Å². The number of urea groups is 1. The van der Waals surface area contributed by atoms with Crippen molar-refractivity contribution in [2.24, 2.45) is 0 Å². The SMILES string of the molecule is COc1ccc(OC)c(NC(=O)NCCOc2cc(C)ccc2C)c1. The number of carbonyl (C=O) groups is 1. The molecule has 2 aromatic carbocycles. The van der Waals surface area contributed by atoms with Crippen LogP contribution in [0, 0.1) is 13.8 Å². The van der Waals surface area contributed by atoms with Gasteiger partial charge in [0.15, 0.2) is 0 Å². The van der Waals surface area contributed by atoms with Crippen molar-refractivity contribution in [2.75, 3.05) is 32.7 Å². The van der Waals surface area contributed by atoms with Gasteiger partial charge in [-0.1, -0.05) is 12.1 Å². The zero-order chi connectivity index (χ0) is 18.2. The highest BCUT2D eigenvalue weighted by Crippen LogP contribution is 2.28. The lowest BCUT2D eigenvalue weighted by atomic mass is 10.1. The fourth-order valence-corrected chi connectivity index (χ4v) is 2.27. The first-order chi connectivity index (χ1) is 12.0. The Morgan fingerprint density at radius 2 is 1.80 bits per heavy atom. The molecule has 0 aliphatic heterocycles. The number of methoxy groups -OCH3 is 2. The molecule has 0 saturated carbocycles. The Hall–Kier alpha value is -2.89. The molecule has 0 heterocycles. The Kier molecular flexibility index (Phi) is 6.51. The second kappa shape index (κ2) is 8.82. The van der Waals surface area contributed by atoms with Crippen molar-refractivity contribution in [3.8, 4) is 17.2 Å². The second-order valence-corrected chi connectivity index (χ2v) is 5.56. The van der Waals surface area contributed by atoms with Gasteiger partial charge >= 0.3 is 6.03 Å². The molecule has 0 fully saturated rings. The van der Waals surface area contributed by atoms with Gasteiger partial charge in [-0.05, 0) is 43.2 Å². The van der Waals surface area contributed by atoms with Crippen molar-refractivity contribution in [3.05, 3.63) is 47.5 Å². The Morgan fingerprint density at radius 3 is 2.52 bits per heavy atom. The van der Waals surface area contributed by atoms with E-state index in [1.54, 1.807) is 32.4 Å². The molecule has 0 unspecified atom stereocenters. The van der Waals surface area contributed by atoms with E-state index in [1.165, 1.54) is 0 Å². The molecule has 134 valence electrons. The lowest BCUT2D eigenvalue weighted by Gasteiger charge is -2.13. The first-order valence-corrected chi connectivity index (χ1v) is 8.00. The minimum absolute atomic E-state index is 0.337. The topological polar surface area (TPSA) is 68.8 Å². The van der Waals surface area contributed by atoms with Crippen LogP contribution in [0.1, 0.15) is 11.1 Å². The van der Waals surface area contributed by atoms with Gasteiger partial charge in [0.1, 0.15) is 23.9 Å². The quantitative estimate of drug-likeness (QED) is 0.754. The monoisotopic (exact) mass is 344 g/mol. The molecule has 6 nitrogen and oxygen atoms in total. The summed E-state index contributed by atoms with van der Waals surface area (Å²) in [6, 6.07) is 10.9. The zero-order valence-electron chi connectivity index (χ0n) is 15.0. The average Bonchev–Trinajstić information content (AvgIpc) is 2.61. The molecule has 0 aliphatic rings. The standard InChI is InChI=1S/C19H24N2O4/c1-13-5-6-14(2)18(11-13)25-10-9-20-19(22)21-16-12-15(23-3)7-8-17(16)24-4/h5-8,11-12H,9-10H2,1-4H3,(H2,20,21,22). The van der Waals surface area contributed by atoms with E-state index in [4.69, 9.17) is 14.2 Å². The minimum atomic E-state index is -0.337. The Bertz CT molecular complexity index is 731. The number of anilines is 1. The van der Waals surface area contributed by atoms with Gasteiger partial charge in [-0.3, -0.25) is 0 Å². The van der Waals surface area contributed by atoms with Gasteiger partial charge < -0.3 is 24.8 Å². The lowest BCUT2D eigenvalue weighted by molar-refractivity contribution is 0.247. The summed E-state index contributed by atoms with van der Waals surface area (Å²) in [6.07, 6.45) is 0. The van der Waals surface area contributed by atoms with Gasteiger partial charge in [0.2, 0.25) is 0 Å². The van der Waals surface area contributed by atoms with Crippen LogP contribution in [0.25, 0.3) is 0 Å². The summed E-state index contributed by atoms with van der Waals surface area (Å²) in [5.74, 6) is 2.02. The number of benzene rings is 2. The van der Waals surface area contributed by atoms with Crippen molar-refractivity contribution in [2.45, 2.75) is 13.8 Å². The van der Waals surface area contributed by atoms with Gasteiger partial charge in [0.25, 0.3) is 0 Å². The molecule has 6 heteroatoms. The molecule has 0 aliphatic carbocycles. The second-order valence-electron chi connectivity index (χ2n) is 5.56. The smallest absolute Gasteiger partial charge is 0.319 e. The number of aryl methyl sites for hydroxylation is 2. The third kappa shape index (κ3) is 5.31. The molecule has 2 amide bonds. The van der Waals surface area contributed by atoms with Gasteiger partial charge in [-0.25, -0.2) is 4.79 Å². The highest BCUT2D eigenvalue weighted by molar-refractivity contribution is 5.91. The third-order valence-corrected chi connectivity index (χ3v) is 3.64. The number of rotatable bonds is 7. The van der Waals surface area contributed by atoms with Crippen molar-refractivity contribution >= 4 is 11.7 Å². The van der Waals surface area contributed by atoms with Crippen LogP contribution in [0.15, 0.2) is 36.4 Å². The first kappa shape index (κ1) is 18.4. The number of amides is 2. The van der Waals surface area contributed by atoms with E-state index in [0.717, 1.165) is 16.9 Å². The summed E-state index contributed by atoms with van der Waals surface area (Å²) < 4.78 is 16.1. The summed E-state index contributed by atoms with van der Waals surface area (Å²) in [4.78, 5) is 12.0. The molecule has 25 heavy (non-hydrogen) atoms. The van der Waals surface area contributed by atoms with Gasteiger partial charge in [0, 0.05) is 6.07 Å². The van der Waals surface area contributed by atoms with Crippen LogP contribution in [0.5, 0.6) is 17.2 Å². The maximum Gasteiger partial charge on any atom is 0.319 e. The first-order valence-electron chi connectivity index (χ1n) is 8.00. The molecule has 0 spiro atoms. The number of ether oxygens (including phenoxy) is 3. The van der Waals surface area contributed by atoms with E-state index in [-0.39, 0.29) is 6.03 Å². The summed E-state index contributed by atoms with van der Waals surface area (Å²) in [7, 11) is 3.11. The van der Waals surface area contributed by atoms with E-state index in [9.17, 15) is 4.79 Å². The summed E-state index contributed by atoms with van der Waals surface area (Å²) >= 11 is 0. The van der Waals surface area contributed by atoms with E-state index >= 15 is 0 Å². The molecule has 0 atom stereocenters. The van der Waals surface area contributed by atoms with E-state index in [2.05, 4.69) is 10.6 Å². The summed E-state index contributed by atoms with van der Waals surface area (Å²) in [5.41, 5.74) is 2.74. The number of nitrogens with one attached hydrogen (secondary N) is 2. The van der Waals surface area contributed by atoms with E-state index < -0.39 is 0 Å². The van der Waals surface area contributed by atoms with Crippen LogP contribution in [0.4, 0.5) is 10.5 Å². The van der Waals surface area contributed by atoms with Crippen LogP contribution >= 0.6 is 0 Å². The van der Waals surface area contributed by atoms with Crippen LogP contribution in [0.2, 0.25) is 0 Å². The van der Waals surface area contributed by atoms with Crippen molar-refractivity contribution in [3.63, 3.8) is 0 Å². The summed E-state index contributed by atoms with van der Waals surface area (Å²) in [5, 5.41) is 5.50. The van der Waals surface area contributed by atoms with Gasteiger partial charge in [-0.2, -0.15) is 0 Å². The fraction of sp³-hybridized carbons (Fsp3) is 0.316. The summed E-state index contributed by atoms with van der Waals surface area (Å²) in [6.45, 7) is 4.77. The van der Waals surface area contributed by atoms with Crippen molar-refractivity contribution in [1.82, 2.24) is 5.32 Å². The van der Waals surface area contributed by atoms with E-state index in [0.29, 0.717) is 30.3 Å². The molecule has 2 aromatic rings. The predicted octanol–water partition coefficient (Wildman–Crippen LogP) is 3.52. The average molecular weight is 344 g/mol. The highest BCUT2D eigenvalue weighted by Gasteiger charge is 2.09. The number of carbonyl (C=O) groups excluding carboxylic acids is 1. The van der Waals surface area contributed by atoms with Crippen LogP contribution in [-0.4, -0.2) is 33.4 Å². The molecule has 0 bridgehead atoms. The van der Waals surface area contributed by atoms with Gasteiger partial charge in [-0.15, -0.1) is 0 Å². The number of hydrogen-bond donors (Lipinski definition) is 2. The molecule has 2 rings (SSSR count). The lowest BCUT2D eigenvalue weighted by Crippen LogP contribution is -2.32. The maximum atomic E-state index is 12.0. The molecular weight excluding hydrogens is 320 g/mol. The Morgan fingerprint density at radius 1 is 1.00 bits per heavy atom. The molecule has 0 aromatic heterocycles. The predicted molar refractivity (Wildman–Crippen MR) is 98.0 cm³/mol. The Labute approximate surface area is 148 Å². The number of hydrogen-bond acceptors (Lipinski definition) is 4. The van der Waals surface area contributed by atoms with Crippen molar-refractivity contribution < 1.29 is 19.0 Å². The molecule has 0 saturated heterocycles. The third-order valence-electron chi connectivity index (χ3n) is 3.64. The maximum absolute atomic E-state index is 12.0. The van der Waals surface area contributed by atoms with Crippen LogP contribution in [0.3, 0.4) is 0 Å².